The minimum absolute atomic E-state index is 0.0203. The quantitative estimate of drug-likeness (QED) is 0.417. The molecule has 1 atom stereocenters. The molecule has 0 fully saturated rings. The Hall–Kier alpha value is -4.35. The number of para-hydroxylation sites is 2. The lowest BCUT2D eigenvalue weighted by atomic mass is 9.92. The lowest BCUT2D eigenvalue weighted by Crippen LogP contribution is -2.36. The molecule has 0 spiro atoms. The molecule has 1 aliphatic heterocycles. The van der Waals surface area contributed by atoms with Crippen molar-refractivity contribution in [2.24, 2.45) is 0 Å². The van der Waals surface area contributed by atoms with Crippen LogP contribution in [0.3, 0.4) is 0 Å². The monoisotopic (exact) mass is 487 g/mol. The van der Waals surface area contributed by atoms with Gasteiger partial charge < -0.3 is 20.7 Å². The number of halogens is 3. The second kappa shape index (κ2) is 9.49. The van der Waals surface area contributed by atoms with Gasteiger partial charge in [-0.25, -0.2) is 0 Å². The summed E-state index contributed by atoms with van der Waals surface area (Å²) in [5.41, 5.74) is -1.28. The van der Waals surface area contributed by atoms with Gasteiger partial charge in [-0.05, 0) is 37.3 Å². The van der Waals surface area contributed by atoms with Crippen molar-refractivity contribution in [2.45, 2.75) is 25.4 Å². The molecule has 0 unspecified atom stereocenters. The van der Waals surface area contributed by atoms with Gasteiger partial charge in [-0.2, -0.15) is 18.2 Å². The number of aromatic nitrogens is 2. The normalized spacial score (nSPS) is 15.1. The number of benzene rings is 2. The summed E-state index contributed by atoms with van der Waals surface area (Å²) in [6.45, 7) is 2.16. The van der Waals surface area contributed by atoms with Gasteiger partial charge in [0.05, 0.1) is 29.3 Å². The zero-order valence-corrected chi connectivity index (χ0v) is 18.3. The number of nitrogens with zero attached hydrogens (tertiary/aromatic N) is 1. The van der Waals surface area contributed by atoms with E-state index in [1.807, 2.05) is 0 Å². The molecule has 0 bridgehead atoms. The highest BCUT2D eigenvalue weighted by atomic mass is 19.4. The average molecular weight is 487 g/mol. The summed E-state index contributed by atoms with van der Waals surface area (Å²) >= 11 is 0. The molecule has 4 rings (SSSR count). The third-order valence-corrected chi connectivity index (χ3v) is 5.16. The highest BCUT2D eigenvalue weighted by molar-refractivity contribution is 6.05. The second-order valence-corrected chi connectivity index (χ2v) is 7.60. The summed E-state index contributed by atoms with van der Waals surface area (Å²) in [4.78, 5) is 44.7. The van der Waals surface area contributed by atoms with Gasteiger partial charge in [0.15, 0.2) is 0 Å². The average Bonchev–Trinajstić information content (AvgIpc) is 2.79. The summed E-state index contributed by atoms with van der Waals surface area (Å²) in [5.74, 6) is -2.23. The molecule has 2 heterocycles. The fraction of sp³-hybridized carbons (Fsp3) is 0.217. The van der Waals surface area contributed by atoms with Crippen molar-refractivity contribution < 1.29 is 27.5 Å². The Morgan fingerprint density at radius 1 is 1.17 bits per heavy atom. The summed E-state index contributed by atoms with van der Waals surface area (Å²) < 4.78 is 44.5. The highest BCUT2D eigenvalue weighted by Crippen LogP contribution is 2.33. The maximum atomic E-state index is 13.0. The fourth-order valence-corrected chi connectivity index (χ4v) is 3.64. The number of carbonyl (C=O) groups is 2. The Bertz CT molecular complexity index is 1340. The van der Waals surface area contributed by atoms with Crippen molar-refractivity contribution in [1.82, 2.24) is 9.97 Å². The van der Waals surface area contributed by atoms with E-state index in [-0.39, 0.29) is 29.4 Å². The summed E-state index contributed by atoms with van der Waals surface area (Å²) in [6.07, 6.45) is -4.84. The van der Waals surface area contributed by atoms with Crippen molar-refractivity contribution in [3.05, 3.63) is 70.0 Å². The minimum atomic E-state index is -4.55. The zero-order chi connectivity index (χ0) is 25.2. The van der Waals surface area contributed by atoms with Gasteiger partial charge in [0.1, 0.15) is 11.6 Å². The Labute approximate surface area is 196 Å². The number of anilines is 4. The van der Waals surface area contributed by atoms with Crippen LogP contribution in [0.2, 0.25) is 0 Å². The molecule has 0 aliphatic carbocycles. The molecule has 0 saturated heterocycles. The third kappa shape index (κ3) is 5.26. The van der Waals surface area contributed by atoms with E-state index in [1.54, 1.807) is 31.2 Å². The van der Waals surface area contributed by atoms with Crippen molar-refractivity contribution in [2.75, 3.05) is 22.6 Å². The number of hydrogen-bond acceptors (Lipinski definition) is 6. The van der Waals surface area contributed by atoms with Crippen molar-refractivity contribution in [3.8, 4) is 5.75 Å². The van der Waals surface area contributed by atoms with Crippen LogP contribution in [0.5, 0.6) is 5.75 Å². The molecule has 4 N–H and O–H groups in total. The number of aromatic amines is 1. The number of rotatable bonds is 6. The Morgan fingerprint density at radius 2 is 1.94 bits per heavy atom. The summed E-state index contributed by atoms with van der Waals surface area (Å²) in [6, 6.07) is 11.0. The van der Waals surface area contributed by atoms with Crippen LogP contribution in [0.1, 0.15) is 30.4 Å². The first kappa shape index (κ1) is 23.8. The minimum Gasteiger partial charge on any atom is -0.492 e. The van der Waals surface area contributed by atoms with Crippen LogP contribution in [0.25, 0.3) is 0 Å². The molecule has 3 aromatic rings. The van der Waals surface area contributed by atoms with E-state index in [0.717, 1.165) is 12.1 Å². The van der Waals surface area contributed by atoms with Gasteiger partial charge in [0.25, 0.3) is 5.56 Å². The number of fused-ring (bicyclic) bond motifs is 1. The molecule has 2 aromatic carbocycles. The van der Waals surface area contributed by atoms with Gasteiger partial charge in [-0.1, -0.05) is 18.2 Å². The maximum Gasteiger partial charge on any atom is 0.416 e. The van der Waals surface area contributed by atoms with Crippen molar-refractivity contribution >= 4 is 35.0 Å². The number of nitrogens with one attached hydrogen (secondary N) is 4. The lowest BCUT2D eigenvalue weighted by Gasteiger charge is -2.24. The molecule has 1 aliphatic rings. The Morgan fingerprint density at radius 3 is 2.69 bits per heavy atom. The van der Waals surface area contributed by atoms with E-state index in [2.05, 4.69) is 25.9 Å². The first-order valence-electron chi connectivity index (χ1n) is 10.6. The smallest absolute Gasteiger partial charge is 0.416 e. The first-order chi connectivity index (χ1) is 16.7. The Balaban J connectivity index is 1.63. The number of H-pyrrole nitrogens is 1. The largest absolute Gasteiger partial charge is 0.492 e. The van der Waals surface area contributed by atoms with E-state index in [1.165, 1.54) is 12.1 Å². The van der Waals surface area contributed by atoms with Crippen LogP contribution in [-0.2, 0) is 15.8 Å². The molecule has 9 nitrogen and oxygen atoms in total. The van der Waals surface area contributed by atoms with E-state index >= 15 is 0 Å². The fourth-order valence-electron chi connectivity index (χ4n) is 3.64. The van der Waals surface area contributed by atoms with Crippen LogP contribution in [0.15, 0.2) is 53.3 Å². The highest BCUT2D eigenvalue weighted by Gasteiger charge is 2.35. The topological polar surface area (TPSA) is 125 Å². The lowest BCUT2D eigenvalue weighted by molar-refractivity contribution is -0.137. The van der Waals surface area contributed by atoms with Crippen LogP contribution in [-0.4, -0.2) is 28.4 Å². The van der Waals surface area contributed by atoms with Crippen LogP contribution >= 0.6 is 0 Å². The predicted octanol–water partition coefficient (Wildman–Crippen LogP) is 4.00. The van der Waals surface area contributed by atoms with Crippen LogP contribution in [0, 0.1) is 0 Å². The summed E-state index contributed by atoms with van der Waals surface area (Å²) in [5, 5.41) is 7.72. The Kier molecular flexibility index (Phi) is 6.45. The number of alkyl halides is 3. The molecule has 182 valence electrons. The molecule has 35 heavy (non-hydrogen) atoms. The molecular formula is C23H20F3N5O4. The van der Waals surface area contributed by atoms with Gasteiger partial charge in [-0.3, -0.25) is 19.4 Å². The maximum absolute atomic E-state index is 13.0. The van der Waals surface area contributed by atoms with E-state index in [9.17, 15) is 27.6 Å². The standard InChI is InChI=1S/C23H20F3N5O4/c1-2-35-16-9-4-3-8-15(16)28-20(33)14-11-17(32)29-19-18(14)21(34)31-22(30-19)27-13-7-5-6-12(10-13)23(24,25)26/h3-10,14H,2,11H2,1H3,(H,28,33)(H3,27,29,30,31,32,34)/t14-/m1/s1. The molecular weight excluding hydrogens is 467 g/mol. The van der Waals surface area contributed by atoms with Crippen molar-refractivity contribution in [3.63, 3.8) is 0 Å². The van der Waals surface area contributed by atoms with E-state index in [0.29, 0.717) is 18.0 Å². The SMILES string of the molecule is CCOc1ccccc1NC(=O)[C@@H]1CC(=O)Nc2nc(Nc3cccc(C(F)(F)F)c3)[nH]c(=O)c21. The molecule has 0 saturated carbocycles. The molecule has 2 amide bonds. The van der Waals surface area contributed by atoms with Gasteiger partial charge in [-0.15, -0.1) is 0 Å². The van der Waals surface area contributed by atoms with Gasteiger partial charge in [0.2, 0.25) is 17.8 Å². The zero-order valence-electron chi connectivity index (χ0n) is 18.3. The van der Waals surface area contributed by atoms with E-state index in [4.69, 9.17) is 4.74 Å². The molecule has 12 heteroatoms. The molecule has 1 aromatic heterocycles. The number of amides is 2. The van der Waals surface area contributed by atoms with Gasteiger partial charge in [0, 0.05) is 12.1 Å². The van der Waals surface area contributed by atoms with Crippen LogP contribution in [0.4, 0.5) is 36.3 Å². The van der Waals surface area contributed by atoms with Gasteiger partial charge >= 0.3 is 6.18 Å². The summed E-state index contributed by atoms with van der Waals surface area (Å²) in [7, 11) is 0. The number of carbonyl (C=O) groups excluding carboxylic acids is 2. The predicted molar refractivity (Wildman–Crippen MR) is 122 cm³/mol. The van der Waals surface area contributed by atoms with Crippen molar-refractivity contribution in [1.29, 1.82) is 0 Å². The second-order valence-electron chi connectivity index (χ2n) is 7.60. The third-order valence-electron chi connectivity index (χ3n) is 5.16. The molecule has 0 radical (unpaired) electrons. The van der Waals surface area contributed by atoms with Crippen LogP contribution < -0.4 is 26.2 Å². The van der Waals surface area contributed by atoms with E-state index < -0.39 is 35.0 Å². The number of ether oxygens (including phenoxy) is 1. The number of hydrogen-bond donors (Lipinski definition) is 4. The first-order valence-corrected chi connectivity index (χ1v) is 10.6.